The van der Waals surface area contributed by atoms with Crippen molar-refractivity contribution in [1.82, 2.24) is 0 Å². The number of hydrogen-bond acceptors (Lipinski definition) is 1. The molecule has 11 heavy (non-hydrogen) atoms. The van der Waals surface area contributed by atoms with E-state index in [1.54, 1.807) is 0 Å². The van der Waals surface area contributed by atoms with E-state index in [4.69, 9.17) is 0 Å². The normalized spacial score (nSPS) is 53.1. The summed E-state index contributed by atoms with van der Waals surface area (Å²) in [5.41, 5.74) is 0. The van der Waals surface area contributed by atoms with Crippen LogP contribution in [0, 0.1) is 23.7 Å². The highest BCUT2D eigenvalue weighted by atomic mass is 32.2. The second kappa shape index (κ2) is 2.29. The van der Waals surface area contributed by atoms with Crippen molar-refractivity contribution in [1.29, 1.82) is 0 Å². The molecule has 2 fully saturated rings. The zero-order chi connectivity index (χ0) is 7.26. The third-order valence-corrected chi connectivity index (χ3v) is 4.95. The first-order valence-corrected chi connectivity index (χ1v) is 5.87. The van der Waals surface area contributed by atoms with Crippen molar-refractivity contribution in [3.8, 4) is 0 Å². The van der Waals surface area contributed by atoms with Crippen molar-refractivity contribution in [3.05, 3.63) is 12.2 Å². The molecule has 3 aliphatic carbocycles. The van der Waals surface area contributed by atoms with Crippen molar-refractivity contribution in [3.63, 3.8) is 0 Å². The minimum Gasteiger partial charge on any atom is -0.161 e. The third kappa shape index (κ3) is 0.837. The standard InChI is InChI=1S/C10H14S/c1-2-8-4-3-7(1)9-5-11-6-10(8)9/h1-2,7-10H,3-6H2/t7-,8+,9-,10-/m1/s1. The van der Waals surface area contributed by atoms with Gasteiger partial charge in [0.05, 0.1) is 0 Å². The van der Waals surface area contributed by atoms with Gasteiger partial charge in [0.25, 0.3) is 0 Å². The van der Waals surface area contributed by atoms with Crippen LogP contribution in [0.3, 0.4) is 0 Å². The Labute approximate surface area is 72.4 Å². The van der Waals surface area contributed by atoms with Crippen LogP contribution in [0.1, 0.15) is 12.8 Å². The Bertz CT molecular complexity index is 177. The number of hydrogen-bond donors (Lipinski definition) is 0. The van der Waals surface area contributed by atoms with Gasteiger partial charge in [-0.3, -0.25) is 0 Å². The molecule has 0 amide bonds. The van der Waals surface area contributed by atoms with Crippen molar-refractivity contribution < 1.29 is 0 Å². The summed E-state index contributed by atoms with van der Waals surface area (Å²) in [5.74, 6) is 7.00. The largest absolute Gasteiger partial charge is 0.161 e. The Balaban J connectivity index is 1.97. The Morgan fingerprint density at radius 1 is 0.909 bits per heavy atom. The van der Waals surface area contributed by atoms with Gasteiger partial charge in [0.15, 0.2) is 0 Å². The molecule has 0 spiro atoms. The maximum atomic E-state index is 2.50. The van der Waals surface area contributed by atoms with Crippen molar-refractivity contribution in [2.75, 3.05) is 11.5 Å². The van der Waals surface area contributed by atoms with E-state index in [-0.39, 0.29) is 0 Å². The van der Waals surface area contributed by atoms with Crippen molar-refractivity contribution in [2.24, 2.45) is 23.7 Å². The highest BCUT2D eigenvalue weighted by Crippen LogP contribution is 2.50. The molecule has 0 nitrogen and oxygen atoms in total. The molecule has 4 atom stereocenters. The first-order valence-electron chi connectivity index (χ1n) is 4.71. The zero-order valence-corrected chi connectivity index (χ0v) is 7.52. The lowest BCUT2D eigenvalue weighted by Crippen LogP contribution is -2.35. The smallest absolute Gasteiger partial charge is 0.00302 e. The first kappa shape index (κ1) is 6.59. The van der Waals surface area contributed by atoms with Crippen LogP contribution in [-0.2, 0) is 0 Å². The molecule has 0 aromatic carbocycles. The molecule has 1 saturated heterocycles. The summed E-state index contributed by atoms with van der Waals surface area (Å²) < 4.78 is 0. The van der Waals surface area contributed by atoms with Crippen LogP contribution in [0.4, 0.5) is 0 Å². The lowest BCUT2D eigenvalue weighted by atomic mass is 9.64. The summed E-state index contributed by atoms with van der Waals surface area (Å²) in [7, 11) is 0. The van der Waals surface area contributed by atoms with Gasteiger partial charge in [-0.25, -0.2) is 0 Å². The molecule has 1 aliphatic heterocycles. The van der Waals surface area contributed by atoms with Gasteiger partial charge in [-0.05, 0) is 48.0 Å². The van der Waals surface area contributed by atoms with Crippen LogP contribution in [0.5, 0.6) is 0 Å². The van der Waals surface area contributed by atoms with Gasteiger partial charge < -0.3 is 0 Å². The molecular formula is C10H14S. The summed E-state index contributed by atoms with van der Waals surface area (Å²) >= 11 is 2.19. The molecule has 60 valence electrons. The van der Waals surface area contributed by atoms with Gasteiger partial charge in [0.2, 0.25) is 0 Å². The fourth-order valence-electron chi connectivity index (χ4n) is 3.05. The molecule has 1 heteroatoms. The summed E-state index contributed by atoms with van der Waals surface area (Å²) in [6, 6.07) is 0. The van der Waals surface area contributed by atoms with E-state index in [1.165, 1.54) is 24.3 Å². The molecule has 0 aromatic rings. The van der Waals surface area contributed by atoms with Crippen LogP contribution in [0.15, 0.2) is 12.2 Å². The highest BCUT2D eigenvalue weighted by molar-refractivity contribution is 7.99. The number of fused-ring (bicyclic) bond motifs is 1. The van der Waals surface area contributed by atoms with E-state index < -0.39 is 0 Å². The van der Waals surface area contributed by atoms with E-state index in [1.807, 2.05) is 0 Å². The van der Waals surface area contributed by atoms with Gasteiger partial charge in [-0.1, -0.05) is 12.2 Å². The van der Waals surface area contributed by atoms with Crippen LogP contribution in [0.2, 0.25) is 0 Å². The lowest BCUT2D eigenvalue weighted by molar-refractivity contribution is 0.169. The lowest BCUT2D eigenvalue weighted by Gasteiger charge is -2.40. The van der Waals surface area contributed by atoms with E-state index >= 15 is 0 Å². The molecular weight excluding hydrogens is 152 g/mol. The molecule has 0 unspecified atom stereocenters. The third-order valence-electron chi connectivity index (χ3n) is 3.71. The van der Waals surface area contributed by atoms with E-state index in [0.29, 0.717) is 0 Å². The maximum absolute atomic E-state index is 2.50. The highest BCUT2D eigenvalue weighted by Gasteiger charge is 2.43. The molecule has 0 radical (unpaired) electrons. The van der Waals surface area contributed by atoms with Crippen molar-refractivity contribution >= 4 is 11.8 Å². The fourth-order valence-corrected chi connectivity index (χ4v) is 4.72. The second-order valence-electron chi connectivity index (χ2n) is 4.16. The first-order chi connectivity index (χ1) is 5.45. The average molecular weight is 166 g/mol. The summed E-state index contributed by atoms with van der Waals surface area (Å²) in [6.45, 7) is 0. The predicted molar refractivity (Wildman–Crippen MR) is 49.7 cm³/mol. The molecule has 1 heterocycles. The van der Waals surface area contributed by atoms with Gasteiger partial charge in [-0.2, -0.15) is 11.8 Å². The number of thioether (sulfide) groups is 1. The van der Waals surface area contributed by atoms with E-state index in [0.717, 1.165) is 23.7 Å². The summed E-state index contributed by atoms with van der Waals surface area (Å²) in [4.78, 5) is 0. The van der Waals surface area contributed by atoms with Gasteiger partial charge in [-0.15, -0.1) is 0 Å². The molecule has 4 rings (SSSR count). The Morgan fingerprint density at radius 2 is 1.45 bits per heavy atom. The average Bonchev–Trinajstić information content (AvgIpc) is 2.55. The van der Waals surface area contributed by atoms with Crippen molar-refractivity contribution in [2.45, 2.75) is 12.8 Å². The van der Waals surface area contributed by atoms with Crippen LogP contribution < -0.4 is 0 Å². The molecule has 0 N–H and O–H groups in total. The van der Waals surface area contributed by atoms with Crippen LogP contribution in [-0.4, -0.2) is 11.5 Å². The van der Waals surface area contributed by atoms with Crippen LogP contribution in [0.25, 0.3) is 0 Å². The molecule has 1 saturated carbocycles. The summed E-state index contributed by atoms with van der Waals surface area (Å²) in [6.07, 6.45) is 7.98. The molecule has 4 aliphatic rings. The van der Waals surface area contributed by atoms with Gasteiger partial charge in [0.1, 0.15) is 0 Å². The van der Waals surface area contributed by atoms with Gasteiger partial charge >= 0.3 is 0 Å². The number of rotatable bonds is 0. The Morgan fingerprint density at radius 3 is 1.91 bits per heavy atom. The molecule has 2 bridgehead atoms. The molecule has 0 aromatic heterocycles. The summed E-state index contributed by atoms with van der Waals surface area (Å²) in [5, 5.41) is 0. The Hall–Kier alpha value is 0.0900. The Kier molecular flexibility index (Phi) is 1.37. The van der Waals surface area contributed by atoms with E-state index in [2.05, 4.69) is 23.9 Å². The second-order valence-corrected chi connectivity index (χ2v) is 5.23. The number of allylic oxidation sites excluding steroid dienone is 2. The SMILES string of the molecule is C1=C[C@H]2CC[C@@H]1[C@H]1CSC[C@@H]12. The minimum absolute atomic E-state index is 0.972. The minimum atomic E-state index is 0.972. The maximum Gasteiger partial charge on any atom is -0.00302 e. The van der Waals surface area contributed by atoms with Crippen LogP contribution >= 0.6 is 11.8 Å². The van der Waals surface area contributed by atoms with E-state index in [9.17, 15) is 0 Å². The predicted octanol–water partition coefficient (Wildman–Crippen LogP) is 2.56. The quantitative estimate of drug-likeness (QED) is 0.498. The monoisotopic (exact) mass is 166 g/mol. The zero-order valence-electron chi connectivity index (χ0n) is 6.70. The van der Waals surface area contributed by atoms with Gasteiger partial charge in [0, 0.05) is 0 Å². The fraction of sp³-hybridized carbons (Fsp3) is 0.800. The topological polar surface area (TPSA) is 0 Å².